The molecule has 17 heavy (non-hydrogen) atoms. The van der Waals surface area contributed by atoms with E-state index in [0.29, 0.717) is 6.54 Å². The standard InChI is InChI=1S/C14H15NOS/c1-17-13-8-6-12(7-9-13)16-14-5-3-2-4-11(14)10-15/h2-9H,10,15H2,1H3. The summed E-state index contributed by atoms with van der Waals surface area (Å²) < 4.78 is 5.81. The molecule has 3 heteroatoms. The van der Waals surface area contributed by atoms with Crippen LogP contribution < -0.4 is 10.5 Å². The van der Waals surface area contributed by atoms with Crippen LogP contribution in [0.1, 0.15) is 5.56 Å². The predicted molar refractivity (Wildman–Crippen MR) is 72.6 cm³/mol. The largest absolute Gasteiger partial charge is 0.457 e. The summed E-state index contributed by atoms with van der Waals surface area (Å²) in [5.74, 6) is 1.66. The number of nitrogens with two attached hydrogens (primary N) is 1. The summed E-state index contributed by atoms with van der Waals surface area (Å²) in [5.41, 5.74) is 6.68. The van der Waals surface area contributed by atoms with Crippen LogP contribution in [0.15, 0.2) is 53.4 Å². The minimum Gasteiger partial charge on any atom is -0.457 e. The van der Waals surface area contributed by atoms with Gasteiger partial charge >= 0.3 is 0 Å². The molecule has 88 valence electrons. The molecule has 2 N–H and O–H groups in total. The molecule has 0 amide bonds. The highest BCUT2D eigenvalue weighted by molar-refractivity contribution is 7.98. The van der Waals surface area contributed by atoms with Crippen LogP contribution in [0.3, 0.4) is 0 Å². The van der Waals surface area contributed by atoms with Crippen molar-refractivity contribution in [2.24, 2.45) is 5.73 Å². The normalized spacial score (nSPS) is 10.2. The average Bonchev–Trinajstić information content (AvgIpc) is 2.40. The zero-order chi connectivity index (χ0) is 12.1. The molecule has 0 radical (unpaired) electrons. The van der Waals surface area contributed by atoms with Gasteiger partial charge in [0.1, 0.15) is 11.5 Å². The Morgan fingerprint density at radius 3 is 2.41 bits per heavy atom. The summed E-state index contributed by atoms with van der Waals surface area (Å²) in [6.07, 6.45) is 2.06. The van der Waals surface area contributed by atoms with Crippen molar-refractivity contribution in [3.63, 3.8) is 0 Å². The van der Waals surface area contributed by atoms with Gasteiger partial charge in [0.05, 0.1) is 0 Å². The van der Waals surface area contributed by atoms with Gasteiger partial charge in [-0.2, -0.15) is 0 Å². The van der Waals surface area contributed by atoms with E-state index in [-0.39, 0.29) is 0 Å². The van der Waals surface area contributed by atoms with Crippen LogP contribution in [-0.2, 0) is 6.54 Å². The monoisotopic (exact) mass is 245 g/mol. The fourth-order valence-corrected chi connectivity index (χ4v) is 1.95. The number of rotatable bonds is 4. The predicted octanol–water partition coefficient (Wildman–Crippen LogP) is 3.66. The summed E-state index contributed by atoms with van der Waals surface area (Å²) in [5, 5.41) is 0. The van der Waals surface area contributed by atoms with Gasteiger partial charge in [-0.25, -0.2) is 0 Å². The lowest BCUT2D eigenvalue weighted by molar-refractivity contribution is 0.476. The minimum absolute atomic E-state index is 0.485. The molecule has 0 heterocycles. The second kappa shape index (κ2) is 5.75. The third kappa shape index (κ3) is 3.02. The van der Waals surface area contributed by atoms with Crippen molar-refractivity contribution in [1.82, 2.24) is 0 Å². The van der Waals surface area contributed by atoms with E-state index in [2.05, 4.69) is 6.26 Å². The molecule has 0 unspecified atom stereocenters. The second-order valence-electron chi connectivity index (χ2n) is 3.59. The molecule has 0 aliphatic rings. The van der Waals surface area contributed by atoms with Crippen molar-refractivity contribution in [1.29, 1.82) is 0 Å². The molecule has 2 nitrogen and oxygen atoms in total. The van der Waals surface area contributed by atoms with E-state index in [4.69, 9.17) is 10.5 Å². The van der Waals surface area contributed by atoms with Crippen LogP contribution in [0.4, 0.5) is 0 Å². The average molecular weight is 245 g/mol. The first-order chi connectivity index (χ1) is 8.33. The van der Waals surface area contributed by atoms with Crippen molar-refractivity contribution in [2.75, 3.05) is 6.26 Å². The van der Waals surface area contributed by atoms with E-state index in [1.54, 1.807) is 11.8 Å². The molecular formula is C14H15NOS. The number of thioether (sulfide) groups is 1. The third-order valence-electron chi connectivity index (χ3n) is 2.48. The molecule has 2 rings (SSSR count). The van der Waals surface area contributed by atoms with E-state index in [9.17, 15) is 0 Å². The molecule has 0 atom stereocenters. The molecule has 0 aliphatic heterocycles. The lowest BCUT2D eigenvalue weighted by Gasteiger charge is -2.09. The number of hydrogen-bond donors (Lipinski definition) is 1. The van der Waals surface area contributed by atoms with Crippen LogP contribution in [-0.4, -0.2) is 6.26 Å². The number of ether oxygens (including phenoxy) is 1. The first kappa shape index (κ1) is 12.0. The summed E-state index contributed by atoms with van der Waals surface area (Å²) in [7, 11) is 0. The highest BCUT2D eigenvalue weighted by atomic mass is 32.2. The van der Waals surface area contributed by atoms with Crippen LogP contribution in [0.25, 0.3) is 0 Å². The molecule has 0 aromatic heterocycles. The van der Waals surface area contributed by atoms with Crippen LogP contribution in [0, 0.1) is 0 Å². The van der Waals surface area contributed by atoms with Gasteiger partial charge in [-0.05, 0) is 36.6 Å². The third-order valence-corrected chi connectivity index (χ3v) is 3.22. The maximum absolute atomic E-state index is 5.81. The number of benzene rings is 2. The maximum atomic E-state index is 5.81. The molecule has 0 saturated carbocycles. The molecule has 2 aromatic carbocycles. The fourth-order valence-electron chi connectivity index (χ4n) is 1.54. The fraction of sp³-hybridized carbons (Fsp3) is 0.143. The summed E-state index contributed by atoms with van der Waals surface area (Å²) in [6, 6.07) is 15.9. The minimum atomic E-state index is 0.485. The Balaban J connectivity index is 2.19. The van der Waals surface area contributed by atoms with Crippen molar-refractivity contribution >= 4 is 11.8 Å². The van der Waals surface area contributed by atoms with Gasteiger partial charge in [0.25, 0.3) is 0 Å². The Hall–Kier alpha value is -1.45. The summed E-state index contributed by atoms with van der Waals surface area (Å²) in [6.45, 7) is 0.485. The number of para-hydroxylation sites is 1. The Bertz CT molecular complexity index is 482. The number of hydrogen-bond acceptors (Lipinski definition) is 3. The molecule has 0 bridgehead atoms. The van der Waals surface area contributed by atoms with Crippen LogP contribution in [0.5, 0.6) is 11.5 Å². The first-order valence-corrected chi connectivity index (χ1v) is 6.66. The van der Waals surface area contributed by atoms with E-state index < -0.39 is 0 Å². The smallest absolute Gasteiger partial charge is 0.131 e. The van der Waals surface area contributed by atoms with E-state index in [0.717, 1.165) is 17.1 Å². The van der Waals surface area contributed by atoms with Gasteiger partial charge in [-0.3, -0.25) is 0 Å². The molecular weight excluding hydrogens is 230 g/mol. The zero-order valence-electron chi connectivity index (χ0n) is 9.72. The molecule has 0 fully saturated rings. The van der Waals surface area contributed by atoms with Gasteiger partial charge in [0, 0.05) is 17.0 Å². The SMILES string of the molecule is CSc1ccc(Oc2ccccc2CN)cc1. The lowest BCUT2D eigenvalue weighted by atomic mass is 10.2. The van der Waals surface area contributed by atoms with Crippen LogP contribution in [0.2, 0.25) is 0 Å². The first-order valence-electron chi connectivity index (χ1n) is 5.43. The van der Waals surface area contributed by atoms with Crippen molar-refractivity contribution in [3.8, 4) is 11.5 Å². The quantitative estimate of drug-likeness (QED) is 0.835. The van der Waals surface area contributed by atoms with E-state index in [1.807, 2.05) is 48.5 Å². The van der Waals surface area contributed by atoms with Gasteiger partial charge in [-0.1, -0.05) is 18.2 Å². The molecule has 2 aromatic rings. The van der Waals surface area contributed by atoms with Crippen LogP contribution >= 0.6 is 11.8 Å². The Morgan fingerprint density at radius 1 is 1.06 bits per heavy atom. The lowest BCUT2D eigenvalue weighted by Crippen LogP contribution is -1.98. The van der Waals surface area contributed by atoms with Crippen molar-refractivity contribution in [3.05, 3.63) is 54.1 Å². The topological polar surface area (TPSA) is 35.2 Å². The Kier molecular flexibility index (Phi) is 4.07. The van der Waals surface area contributed by atoms with Crippen molar-refractivity contribution in [2.45, 2.75) is 11.4 Å². The Morgan fingerprint density at radius 2 is 1.76 bits per heavy atom. The Labute approximate surface area is 106 Å². The van der Waals surface area contributed by atoms with Crippen molar-refractivity contribution < 1.29 is 4.74 Å². The highest BCUT2D eigenvalue weighted by Gasteiger charge is 2.02. The van der Waals surface area contributed by atoms with Gasteiger partial charge in [0.15, 0.2) is 0 Å². The summed E-state index contributed by atoms with van der Waals surface area (Å²) >= 11 is 1.72. The molecule has 0 aliphatic carbocycles. The zero-order valence-corrected chi connectivity index (χ0v) is 10.5. The maximum Gasteiger partial charge on any atom is 0.131 e. The molecule has 0 spiro atoms. The highest BCUT2D eigenvalue weighted by Crippen LogP contribution is 2.26. The van der Waals surface area contributed by atoms with Gasteiger partial charge in [-0.15, -0.1) is 11.8 Å². The second-order valence-corrected chi connectivity index (χ2v) is 4.47. The molecule has 0 saturated heterocycles. The van der Waals surface area contributed by atoms with E-state index in [1.165, 1.54) is 4.90 Å². The van der Waals surface area contributed by atoms with Gasteiger partial charge < -0.3 is 10.5 Å². The van der Waals surface area contributed by atoms with E-state index >= 15 is 0 Å². The summed E-state index contributed by atoms with van der Waals surface area (Å²) in [4.78, 5) is 1.23. The van der Waals surface area contributed by atoms with Gasteiger partial charge in [0.2, 0.25) is 0 Å².